The first kappa shape index (κ1) is 27.0. The second-order valence-electron chi connectivity index (χ2n) is 6.69. The Morgan fingerprint density at radius 3 is 2.15 bits per heavy atom. The standard InChI is InChI=1S/C17H26N8O8/c18-3-13(28)23-11(6-26)17(33)25-10(2-12(19)27)16(32)24-9(1-8-4-20-7-22-8)15(31)21-5-14(29)30/h4,7,9-11,26H,1-3,5-6,18H2,(H2,19,27)(H,20,22)(H,21,31)(H,23,28)(H,24,32)(H,25,33)(H,29,30)/t9-,10-,11-/m0/s1. The fourth-order valence-electron chi connectivity index (χ4n) is 2.51. The summed E-state index contributed by atoms with van der Waals surface area (Å²) in [5.41, 5.74) is 10.7. The number of aliphatic hydroxyl groups is 1. The van der Waals surface area contributed by atoms with Gasteiger partial charge in [-0.2, -0.15) is 0 Å². The average Bonchev–Trinajstić information content (AvgIpc) is 3.27. The zero-order valence-electron chi connectivity index (χ0n) is 17.4. The van der Waals surface area contributed by atoms with Gasteiger partial charge in [0.2, 0.25) is 29.5 Å². The van der Waals surface area contributed by atoms with Crippen LogP contribution in [0.5, 0.6) is 0 Å². The third kappa shape index (κ3) is 9.74. The highest BCUT2D eigenvalue weighted by Gasteiger charge is 2.30. The number of aliphatic hydroxyl groups excluding tert-OH is 1. The Morgan fingerprint density at radius 1 is 1.00 bits per heavy atom. The van der Waals surface area contributed by atoms with Crippen LogP contribution in [0.4, 0.5) is 0 Å². The third-order valence-electron chi connectivity index (χ3n) is 4.08. The molecule has 0 fully saturated rings. The van der Waals surface area contributed by atoms with Crippen LogP contribution in [-0.4, -0.2) is 93.5 Å². The summed E-state index contributed by atoms with van der Waals surface area (Å²) in [7, 11) is 0. The lowest BCUT2D eigenvalue weighted by molar-refractivity contribution is -0.138. The van der Waals surface area contributed by atoms with E-state index in [1.165, 1.54) is 12.5 Å². The number of hydrogen-bond acceptors (Lipinski definition) is 9. The van der Waals surface area contributed by atoms with E-state index in [0.29, 0.717) is 5.69 Å². The molecule has 0 saturated carbocycles. The fraction of sp³-hybridized carbons (Fsp3) is 0.471. The van der Waals surface area contributed by atoms with Crippen LogP contribution in [-0.2, 0) is 35.2 Å². The Hall–Kier alpha value is -4.05. The molecule has 0 saturated heterocycles. The fourth-order valence-corrected chi connectivity index (χ4v) is 2.51. The number of hydrogen-bond donors (Lipinski definition) is 9. The number of carboxylic acid groups (broad SMARTS) is 1. The molecule has 0 aliphatic rings. The highest BCUT2D eigenvalue weighted by molar-refractivity contribution is 5.96. The van der Waals surface area contributed by atoms with Crippen LogP contribution in [0, 0.1) is 0 Å². The van der Waals surface area contributed by atoms with Gasteiger partial charge in [-0.05, 0) is 0 Å². The molecular weight excluding hydrogens is 444 g/mol. The van der Waals surface area contributed by atoms with E-state index in [1.54, 1.807) is 0 Å². The van der Waals surface area contributed by atoms with Gasteiger partial charge in [0.25, 0.3) is 0 Å². The molecule has 0 bridgehead atoms. The molecule has 1 rings (SSSR count). The lowest BCUT2D eigenvalue weighted by atomic mass is 10.1. The lowest BCUT2D eigenvalue weighted by Gasteiger charge is -2.24. The summed E-state index contributed by atoms with van der Waals surface area (Å²) in [6.45, 7) is -2.01. The molecule has 0 aliphatic carbocycles. The predicted molar refractivity (Wildman–Crippen MR) is 109 cm³/mol. The van der Waals surface area contributed by atoms with Crippen molar-refractivity contribution in [2.24, 2.45) is 11.5 Å². The molecule has 16 heteroatoms. The molecule has 0 aliphatic heterocycles. The van der Waals surface area contributed by atoms with Gasteiger partial charge in [0.1, 0.15) is 24.7 Å². The number of aromatic nitrogens is 2. The first-order chi connectivity index (χ1) is 15.6. The Bertz CT molecular complexity index is 859. The van der Waals surface area contributed by atoms with Crippen LogP contribution in [0.15, 0.2) is 12.5 Å². The van der Waals surface area contributed by atoms with Crippen molar-refractivity contribution in [1.29, 1.82) is 0 Å². The second-order valence-corrected chi connectivity index (χ2v) is 6.69. The number of H-pyrrole nitrogens is 1. The molecule has 1 aromatic heterocycles. The van der Waals surface area contributed by atoms with Crippen LogP contribution >= 0.6 is 0 Å². The van der Waals surface area contributed by atoms with E-state index in [1.807, 2.05) is 0 Å². The zero-order valence-corrected chi connectivity index (χ0v) is 17.4. The van der Waals surface area contributed by atoms with E-state index in [2.05, 4.69) is 31.2 Å². The van der Waals surface area contributed by atoms with E-state index < -0.39 is 79.7 Å². The number of amides is 5. The number of primary amides is 1. The van der Waals surface area contributed by atoms with Crippen molar-refractivity contribution in [2.45, 2.75) is 31.0 Å². The van der Waals surface area contributed by atoms with Gasteiger partial charge in [-0.15, -0.1) is 0 Å². The third-order valence-corrected chi connectivity index (χ3v) is 4.08. The molecule has 5 amide bonds. The van der Waals surface area contributed by atoms with Gasteiger partial charge < -0.3 is 47.9 Å². The highest BCUT2D eigenvalue weighted by atomic mass is 16.4. The van der Waals surface area contributed by atoms with Gasteiger partial charge in [-0.1, -0.05) is 0 Å². The van der Waals surface area contributed by atoms with Gasteiger partial charge in [-0.3, -0.25) is 28.8 Å². The van der Waals surface area contributed by atoms with Gasteiger partial charge in [0.15, 0.2) is 0 Å². The van der Waals surface area contributed by atoms with Crippen LogP contribution < -0.4 is 32.7 Å². The van der Waals surface area contributed by atoms with Gasteiger partial charge >= 0.3 is 5.97 Å². The number of carbonyl (C=O) groups excluding carboxylic acids is 5. The average molecular weight is 470 g/mol. The van der Waals surface area contributed by atoms with Crippen LogP contribution in [0.3, 0.4) is 0 Å². The Labute approximate surface area is 186 Å². The van der Waals surface area contributed by atoms with Crippen molar-refractivity contribution in [3.05, 3.63) is 18.2 Å². The number of nitrogens with one attached hydrogen (secondary N) is 5. The van der Waals surface area contributed by atoms with Crippen molar-refractivity contribution in [2.75, 3.05) is 19.7 Å². The van der Waals surface area contributed by atoms with Crippen LogP contribution in [0.1, 0.15) is 12.1 Å². The molecule has 33 heavy (non-hydrogen) atoms. The monoisotopic (exact) mass is 470 g/mol. The molecular formula is C17H26N8O8. The molecule has 16 nitrogen and oxygen atoms in total. The lowest BCUT2D eigenvalue weighted by Crippen LogP contribution is -2.58. The maximum absolute atomic E-state index is 12.8. The number of carboxylic acids is 1. The summed E-state index contributed by atoms with van der Waals surface area (Å²) in [4.78, 5) is 77.5. The maximum Gasteiger partial charge on any atom is 0.322 e. The molecule has 0 spiro atoms. The summed E-state index contributed by atoms with van der Waals surface area (Å²) in [6, 6.07) is -4.35. The Balaban J connectivity index is 2.99. The zero-order chi connectivity index (χ0) is 25.0. The first-order valence-electron chi connectivity index (χ1n) is 9.53. The number of carbonyl (C=O) groups is 6. The minimum atomic E-state index is -1.57. The summed E-state index contributed by atoms with van der Waals surface area (Å²) in [6.07, 6.45) is 1.90. The van der Waals surface area contributed by atoms with E-state index in [-0.39, 0.29) is 6.42 Å². The predicted octanol–water partition coefficient (Wildman–Crippen LogP) is -5.57. The van der Waals surface area contributed by atoms with E-state index in [0.717, 1.165) is 0 Å². The molecule has 11 N–H and O–H groups in total. The quantitative estimate of drug-likeness (QED) is 0.124. The van der Waals surface area contributed by atoms with Crippen molar-refractivity contribution < 1.29 is 39.0 Å². The van der Waals surface area contributed by atoms with Crippen LogP contribution in [0.2, 0.25) is 0 Å². The number of aromatic amines is 1. The molecule has 1 aromatic rings. The minimum absolute atomic E-state index is 0.125. The number of nitrogens with two attached hydrogens (primary N) is 2. The first-order valence-corrected chi connectivity index (χ1v) is 9.53. The number of nitrogens with zero attached hydrogens (tertiary/aromatic N) is 1. The SMILES string of the molecule is NCC(=O)N[C@@H](CO)C(=O)N[C@@H](CC(N)=O)C(=O)N[C@@H](Cc1cnc[nH]1)C(=O)NCC(=O)O. The normalized spacial score (nSPS) is 13.2. The summed E-state index contributed by atoms with van der Waals surface area (Å²) in [5, 5.41) is 26.8. The molecule has 1 heterocycles. The van der Waals surface area contributed by atoms with E-state index in [4.69, 9.17) is 16.6 Å². The van der Waals surface area contributed by atoms with Crippen molar-refractivity contribution in [3.8, 4) is 0 Å². The van der Waals surface area contributed by atoms with Crippen molar-refractivity contribution in [1.82, 2.24) is 31.2 Å². The van der Waals surface area contributed by atoms with E-state index >= 15 is 0 Å². The molecule has 182 valence electrons. The van der Waals surface area contributed by atoms with Gasteiger partial charge in [0.05, 0.1) is 25.9 Å². The maximum atomic E-state index is 12.8. The highest BCUT2D eigenvalue weighted by Crippen LogP contribution is 2.02. The Morgan fingerprint density at radius 2 is 1.64 bits per heavy atom. The summed E-state index contributed by atoms with van der Waals surface area (Å²) < 4.78 is 0. The van der Waals surface area contributed by atoms with Gasteiger partial charge in [0, 0.05) is 18.3 Å². The van der Waals surface area contributed by atoms with Gasteiger partial charge in [-0.25, -0.2) is 4.98 Å². The topological polar surface area (TPSA) is 272 Å². The van der Waals surface area contributed by atoms with Crippen molar-refractivity contribution >= 4 is 35.5 Å². The molecule has 0 radical (unpaired) electrons. The second kappa shape index (κ2) is 13.4. The number of rotatable bonds is 14. The smallest absolute Gasteiger partial charge is 0.322 e. The Kier molecular flexibility index (Phi) is 10.9. The largest absolute Gasteiger partial charge is 0.480 e. The minimum Gasteiger partial charge on any atom is -0.480 e. The molecule has 0 aromatic carbocycles. The molecule has 3 atom stereocenters. The van der Waals surface area contributed by atoms with Crippen molar-refractivity contribution in [3.63, 3.8) is 0 Å². The number of imidazole rings is 1. The summed E-state index contributed by atoms with van der Waals surface area (Å²) >= 11 is 0. The molecule has 0 unspecified atom stereocenters. The van der Waals surface area contributed by atoms with Crippen LogP contribution in [0.25, 0.3) is 0 Å². The summed E-state index contributed by atoms with van der Waals surface area (Å²) in [5.74, 6) is -5.91. The van der Waals surface area contributed by atoms with E-state index in [9.17, 15) is 33.9 Å². The number of aliphatic carboxylic acids is 1.